The third-order valence-electron chi connectivity index (χ3n) is 4.76. The van der Waals surface area contributed by atoms with E-state index in [-0.39, 0.29) is 35.9 Å². The van der Waals surface area contributed by atoms with Gasteiger partial charge in [-0.3, -0.25) is 0 Å². The number of esters is 1. The molecule has 1 unspecified atom stereocenters. The van der Waals surface area contributed by atoms with E-state index in [0.29, 0.717) is 11.3 Å². The van der Waals surface area contributed by atoms with Crippen LogP contribution in [0, 0.1) is 0 Å². The second kappa shape index (κ2) is 7.91. The van der Waals surface area contributed by atoms with Crippen LogP contribution in [0.5, 0.6) is 11.6 Å². The highest BCUT2D eigenvalue weighted by molar-refractivity contribution is 5.89. The average molecular weight is 434 g/mol. The standard InChI is InChI=1S/C20H17F3N4O4/c1-30-19(29)11-2-4-13(5-3-11)31-15-10-24-9-14-17(15)27(26-18(14)20(21,22)23)12-6-7-25-16(28)8-12/h2-8,15,24H,9-10H2,1H3,(H,25,28). The number of alkyl halides is 3. The Balaban J connectivity index is 1.76. The molecule has 1 atom stereocenters. The maximum absolute atomic E-state index is 13.6. The fraction of sp³-hybridized carbons (Fsp3) is 0.250. The quantitative estimate of drug-likeness (QED) is 0.609. The zero-order chi connectivity index (χ0) is 22.2. The van der Waals surface area contributed by atoms with Crippen LogP contribution in [0.1, 0.15) is 33.4 Å². The summed E-state index contributed by atoms with van der Waals surface area (Å²) in [6.45, 7) is 0.189. The van der Waals surface area contributed by atoms with Gasteiger partial charge in [-0.25, -0.2) is 14.5 Å². The smallest absolute Gasteiger partial charge is 0.435 e. The first kappa shape index (κ1) is 20.7. The largest absolute Gasteiger partial charge is 0.493 e. The predicted octanol–water partition coefficient (Wildman–Crippen LogP) is 3.00. The fourth-order valence-electron chi connectivity index (χ4n) is 3.41. The highest BCUT2D eigenvalue weighted by Gasteiger charge is 2.42. The van der Waals surface area contributed by atoms with Crippen LogP contribution >= 0.6 is 0 Å². The van der Waals surface area contributed by atoms with Crippen LogP contribution in [0.25, 0.3) is 5.69 Å². The minimum absolute atomic E-state index is 0.0359. The van der Waals surface area contributed by atoms with Crippen molar-refractivity contribution >= 4 is 5.97 Å². The molecule has 31 heavy (non-hydrogen) atoms. The summed E-state index contributed by atoms with van der Waals surface area (Å²) in [5, 5.41) is 16.4. The minimum Gasteiger partial charge on any atom is -0.493 e. The van der Waals surface area contributed by atoms with Crippen molar-refractivity contribution in [3.63, 3.8) is 0 Å². The molecule has 0 radical (unpaired) electrons. The number of rotatable bonds is 4. The Morgan fingerprint density at radius 3 is 2.65 bits per heavy atom. The van der Waals surface area contributed by atoms with Crippen molar-refractivity contribution < 1.29 is 32.5 Å². The van der Waals surface area contributed by atoms with Gasteiger partial charge in [0.15, 0.2) is 11.8 Å². The fourth-order valence-corrected chi connectivity index (χ4v) is 3.41. The van der Waals surface area contributed by atoms with Gasteiger partial charge in [0.1, 0.15) is 5.75 Å². The molecule has 8 nitrogen and oxygen atoms in total. The Morgan fingerprint density at radius 1 is 1.26 bits per heavy atom. The monoisotopic (exact) mass is 434 g/mol. The Bertz CT molecular complexity index is 1110. The molecule has 1 aromatic carbocycles. The van der Waals surface area contributed by atoms with Gasteiger partial charge in [-0.05, 0) is 30.3 Å². The van der Waals surface area contributed by atoms with E-state index in [4.69, 9.17) is 4.74 Å². The first-order valence-corrected chi connectivity index (χ1v) is 9.18. The van der Waals surface area contributed by atoms with Gasteiger partial charge in [0.25, 0.3) is 0 Å². The summed E-state index contributed by atoms with van der Waals surface area (Å²) >= 11 is 0. The van der Waals surface area contributed by atoms with Crippen LogP contribution in [0.15, 0.2) is 42.6 Å². The first-order chi connectivity index (χ1) is 14.8. The number of pyridine rings is 1. The van der Waals surface area contributed by atoms with Crippen molar-refractivity contribution in [1.82, 2.24) is 20.1 Å². The maximum Gasteiger partial charge on any atom is 0.435 e. The van der Waals surface area contributed by atoms with E-state index < -0.39 is 23.9 Å². The molecule has 1 aliphatic rings. The molecule has 0 bridgehead atoms. The SMILES string of the molecule is COC(=O)c1ccc(OC2CNCc3c(C(F)(F)F)nn(-c4ccnc(O)c4)c32)cc1. The number of nitrogens with zero attached hydrogens (tertiary/aromatic N) is 3. The van der Waals surface area contributed by atoms with Crippen molar-refractivity contribution in [3.05, 3.63) is 65.1 Å². The van der Waals surface area contributed by atoms with Crippen molar-refractivity contribution in [2.45, 2.75) is 18.8 Å². The summed E-state index contributed by atoms with van der Waals surface area (Å²) in [5.41, 5.74) is -0.314. The van der Waals surface area contributed by atoms with Crippen molar-refractivity contribution in [3.8, 4) is 17.3 Å². The summed E-state index contributed by atoms with van der Waals surface area (Å²) in [7, 11) is 1.26. The Labute approximate surface area is 174 Å². The number of carbonyl (C=O) groups excluding carboxylic acids is 1. The summed E-state index contributed by atoms with van der Waals surface area (Å²) < 4.78 is 52.6. The molecule has 162 valence electrons. The van der Waals surface area contributed by atoms with Gasteiger partial charge < -0.3 is 19.9 Å². The lowest BCUT2D eigenvalue weighted by Gasteiger charge is -2.26. The molecule has 0 spiro atoms. The third-order valence-corrected chi connectivity index (χ3v) is 4.76. The summed E-state index contributed by atoms with van der Waals surface area (Å²) in [5.74, 6) is -0.509. The third kappa shape index (κ3) is 4.04. The van der Waals surface area contributed by atoms with Gasteiger partial charge in [-0.15, -0.1) is 0 Å². The van der Waals surface area contributed by atoms with Crippen LogP contribution in [0.3, 0.4) is 0 Å². The molecule has 4 rings (SSSR count). The van der Waals surface area contributed by atoms with Crippen LogP contribution < -0.4 is 10.1 Å². The predicted molar refractivity (Wildman–Crippen MR) is 101 cm³/mol. The van der Waals surface area contributed by atoms with E-state index in [1.54, 1.807) is 0 Å². The zero-order valence-electron chi connectivity index (χ0n) is 16.2. The molecule has 2 aromatic heterocycles. The lowest BCUT2D eigenvalue weighted by atomic mass is 10.0. The summed E-state index contributed by atoms with van der Waals surface area (Å²) in [4.78, 5) is 15.2. The number of halogens is 3. The molecule has 0 saturated heterocycles. The number of ether oxygens (including phenoxy) is 2. The van der Waals surface area contributed by atoms with E-state index in [0.717, 1.165) is 4.68 Å². The summed E-state index contributed by atoms with van der Waals surface area (Å²) in [6.07, 6.45) is -4.21. The number of methoxy groups -OCH3 is 1. The van der Waals surface area contributed by atoms with Crippen molar-refractivity contribution in [2.24, 2.45) is 0 Å². The molecule has 0 amide bonds. The second-order valence-electron chi connectivity index (χ2n) is 6.75. The normalized spacial score (nSPS) is 15.9. The number of nitrogens with one attached hydrogen (secondary N) is 1. The summed E-state index contributed by atoms with van der Waals surface area (Å²) in [6, 6.07) is 8.72. The van der Waals surface area contributed by atoms with Crippen molar-refractivity contribution in [2.75, 3.05) is 13.7 Å². The number of hydrogen-bond acceptors (Lipinski definition) is 7. The van der Waals surface area contributed by atoms with Gasteiger partial charge in [-0.1, -0.05) is 0 Å². The lowest BCUT2D eigenvalue weighted by molar-refractivity contribution is -0.142. The Morgan fingerprint density at radius 2 is 2.00 bits per heavy atom. The minimum atomic E-state index is -4.67. The van der Waals surface area contributed by atoms with Crippen molar-refractivity contribution in [1.29, 1.82) is 0 Å². The molecule has 11 heteroatoms. The maximum atomic E-state index is 13.6. The number of fused-ring (bicyclic) bond motifs is 1. The molecule has 0 fully saturated rings. The first-order valence-electron chi connectivity index (χ1n) is 9.18. The lowest BCUT2D eigenvalue weighted by Crippen LogP contribution is -2.33. The number of hydrogen-bond donors (Lipinski definition) is 2. The van der Waals surface area contributed by atoms with Crippen LogP contribution in [-0.2, 0) is 17.5 Å². The van der Waals surface area contributed by atoms with E-state index in [9.17, 15) is 23.1 Å². The highest BCUT2D eigenvalue weighted by atomic mass is 19.4. The van der Waals surface area contributed by atoms with Gasteiger partial charge in [0, 0.05) is 30.9 Å². The van der Waals surface area contributed by atoms with Gasteiger partial charge >= 0.3 is 12.1 Å². The topological polar surface area (TPSA) is 98.5 Å². The number of carbonyl (C=O) groups is 1. The molecule has 0 saturated carbocycles. The van der Waals surface area contributed by atoms with E-state index in [2.05, 4.69) is 20.1 Å². The van der Waals surface area contributed by atoms with Gasteiger partial charge in [0.2, 0.25) is 5.88 Å². The zero-order valence-corrected chi connectivity index (χ0v) is 16.2. The molecular weight excluding hydrogens is 417 g/mol. The number of aromatic nitrogens is 3. The van der Waals surface area contributed by atoms with E-state index >= 15 is 0 Å². The van der Waals surface area contributed by atoms with E-state index in [1.807, 2.05) is 0 Å². The Kier molecular flexibility index (Phi) is 5.27. The van der Waals surface area contributed by atoms with E-state index in [1.165, 1.54) is 49.7 Å². The van der Waals surface area contributed by atoms with Gasteiger partial charge in [0.05, 0.1) is 24.1 Å². The molecule has 3 heterocycles. The molecule has 2 N–H and O–H groups in total. The molecule has 1 aliphatic heterocycles. The molecular formula is C20H17F3N4O4. The second-order valence-corrected chi connectivity index (χ2v) is 6.75. The number of aromatic hydroxyl groups is 1. The van der Waals surface area contributed by atoms with Gasteiger partial charge in [-0.2, -0.15) is 18.3 Å². The molecule has 3 aromatic rings. The molecule has 0 aliphatic carbocycles. The van der Waals surface area contributed by atoms with Crippen LogP contribution in [-0.4, -0.2) is 39.5 Å². The average Bonchev–Trinajstić information content (AvgIpc) is 3.15. The highest BCUT2D eigenvalue weighted by Crippen LogP contribution is 2.38. The van der Waals surface area contributed by atoms with Crippen LogP contribution in [0.4, 0.5) is 13.2 Å². The van der Waals surface area contributed by atoms with Crippen LogP contribution in [0.2, 0.25) is 0 Å². The number of benzene rings is 1. The Hall–Kier alpha value is -3.60.